The molecule has 2 aliphatic heterocycles. The quantitative estimate of drug-likeness (QED) is 0.710. The smallest absolute Gasteiger partial charge is 0.253 e. The van der Waals surface area contributed by atoms with Gasteiger partial charge in [0.15, 0.2) is 0 Å². The molecule has 0 unspecified atom stereocenters. The van der Waals surface area contributed by atoms with Gasteiger partial charge in [0.25, 0.3) is 11.8 Å². The fourth-order valence-electron chi connectivity index (χ4n) is 4.86. The van der Waals surface area contributed by atoms with Crippen LogP contribution < -0.4 is 15.0 Å². The third-order valence-electron chi connectivity index (χ3n) is 6.58. The van der Waals surface area contributed by atoms with Crippen molar-refractivity contribution in [3.05, 3.63) is 60.2 Å². The summed E-state index contributed by atoms with van der Waals surface area (Å²) in [4.78, 5) is 44.7. The van der Waals surface area contributed by atoms with Crippen LogP contribution in [0.15, 0.2) is 54.6 Å². The summed E-state index contributed by atoms with van der Waals surface area (Å²) in [6.45, 7) is 5.10. The molecule has 0 radical (unpaired) electrons. The number of hydrogen-bond donors (Lipinski definition) is 1. The van der Waals surface area contributed by atoms with Gasteiger partial charge in [-0.25, -0.2) is 0 Å². The Morgan fingerprint density at radius 1 is 1.03 bits per heavy atom. The lowest BCUT2D eigenvalue weighted by Crippen LogP contribution is -2.57. The molecule has 3 amide bonds. The van der Waals surface area contributed by atoms with Crippen molar-refractivity contribution in [3.8, 4) is 5.75 Å². The molecule has 34 heavy (non-hydrogen) atoms. The van der Waals surface area contributed by atoms with Gasteiger partial charge in [0.1, 0.15) is 17.8 Å². The van der Waals surface area contributed by atoms with Crippen LogP contribution in [-0.4, -0.2) is 72.5 Å². The lowest BCUT2D eigenvalue weighted by atomic mass is 9.85. The lowest BCUT2D eigenvalue weighted by Gasteiger charge is -2.43. The van der Waals surface area contributed by atoms with Crippen molar-refractivity contribution in [2.24, 2.45) is 0 Å². The third kappa shape index (κ3) is 4.58. The predicted octanol–water partition coefficient (Wildman–Crippen LogP) is 2.50. The van der Waals surface area contributed by atoms with E-state index in [1.807, 2.05) is 44.2 Å². The molecular weight excluding hydrogens is 432 g/mol. The Labute approximate surface area is 200 Å². The maximum Gasteiger partial charge on any atom is 0.253 e. The molecule has 8 nitrogen and oxygen atoms in total. The van der Waals surface area contributed by atoms with Crippen LogP contribution in [0.4, 0.5) is 5.69 Å². The SMILES string of the molecule is COc1ccc(C(=O)N2CCC3(CC2)C(=O)N(CC(=O)NC(C)C)CN3c2ccccc2)cc1. The van der Waals surface area contributed by atoms with E-state index < -0.39 is 5.54 Å². The van der Waals surface area contributed by atoms with Crippen LogP contribution in [0.25, 0.3) is 0 Å². The number of hydrogen-bond acceptors (Lipinski definition) is 5. The molecule has 0 aromatic heterocycles. The number of carbonyl (C=O) groups is 3. The van der Waals surface area contributed by atoms with Gasteiger partial charge in [-0.1, -0.05) is 18.2 Å². The molecule has 2 heterocycles. The molecule has 0 atom stereocenters. The van der Waals surface area contributed by atoms with E-state index in [1.54, 1.807) is 41.2 Å². The minimum atomic E-state index is -0.768. The molecule has 1 spiro atoms. The summed E-state index contributed by atoms with van der Waals surface area (Å²) in [5.74, 6) is 0.431. The molecule has 4 rings (SSSR count). The van der Waals surface area contributed by atoms with E-state index in [0.29, 0.717) is 43.9 Å². The van der Waals surface area contributed by atoms with Crippen LogP contribution >= 0.6 is 0 Å². The molecule has 1 N–H and O–H groups in total. The number of carbonyl (C=O) groups excluding carboxylic acids is 3. The number of anilines is 1. The highest BCUT2D eigenvalue weighted by atomic mass is 16.5. The summed E-state index contributed by atoms with van der Waals surface area (Å²) in [5.41, 5.74) is 0.773. The van der Waals surface area contributed by atoms with Crippen LogP contribution in [0.3, 0.4) is 0 Å². The number of piperidine rings is 1. The molecule has 2 aromatic rings. The zero-order chi connectivity index (χ0) is 24.3. The predicted molar refractivity (Wildman–Crippen MR) is 130 cm³/mol. The van der Waals surface area contributed by atoms with Gasteiger partial charge in [-0.3, -0.25) is 14.4 Å². The second-order valence-corrected chi connectivity index (χ2v) is 9.18. The molecular formula is C26H32N4O4. The summed E-state index contributed by atoms with van der Waals surface area (Å²) >= 11 is 0. The highest BCUT2D eigenvalue weighted by Crippen LogP contribution is 2.39. The van der Waals surface area contributed by atoms with Gasteiger partial charge in [-0.2, -0.15) is 0 Å². The van der Waals surface area contributed by atoms with Gasteiger partial charge >= 0.3 is 0 Å². The summed E-state index contributed by atoms with van der Waals surface area (Å²) in [7, 11) is 1.59. The average molecular weight is 465 g/mol. The summed E-state index contributed by atoms with van der Waals surface area (Å²) in [6, 6.07) is 16.9. The standard InChI is InChI=1S/C26H32N4O4/c1-19(2)27-23(31)17-29-18-30(21-7-5-4-6-8-21)26(25(29)33)13-15-28(16-14-26)24(32)20-9-11-22(34-3)12-10-20/h4-12,19H,13-18H2,1-3H3,(H,27,31). The molecule has 2 fully saturated rings. The Balaban J connectivity index is 1.53. The molecule has 0 aliphatic carbocycles. The molecule has 180 valence electrons. The molecule has 2 aliphatic rings. The van der Waals surface area contributed by atoms with Gasteiger partial charge in [-0.15, -0.1) is 0 Å². The van der Waals surface area contributed by atoms with Gasteiger partial charge in [0.05, 0.1) is 13.8 Å². The number of likely N-dealkylation sites (tertiary alicyclic amines) is 1. The number of nitrogens with zero attached hydrogens (tertiary/aromatic N) is 3. The number of benzene rings is 2. The Morgan fingerprint density at radius 2 is 1.68 bits per heavy atom. The van der Waals surface area contributed by atoms with E-state index >= 15 is 0 Å². The van der Waals surface area contributed by atoms with Crippen LogP contribution in [0.2, 0.25) is 0 Å². The number of nitrogens with one attached hydrogen (secondary N) is 1. The van der Waals surface area contributed by atoms with Gasteiger partial charge in [0, 0.05) is 30.4 Å². The van der Waals surface area contributed by atoms with E-state index in [0.717, 1.165) is 5.69 Å². The average Bonchev–Trinajstić information content (AvgIpc) is 3.10. The molecule has 2 aromatic carbocycles. The molecule has 8 heteroatoms. The fraction of sp³-hybridized carbons (Fsp3) is 0.423. The largest absolute Gasteiger partial charge is 0.497 e. The van der Waals surface area contributed by atoms with Crippen molar-refractivity contribution in [3.63, 3.8) is 0 Å². The number of methoxy groups -OCH3 is 1. The second kappa shape index (κ2) is 9.75. The highest BCUT2D eigenvalue weighted by Gasteiger charge is 2.54. The number of amides is 3. The minimum Gasteiger partial charge on any atom is -0.497 e. The summed E-state index contributed by atoms with van der Waals surface area (Å²) in [6.07, 6.45) is 1.01. The zero-order valence-corrected chi connectivity index (χ0v) is 20.0. The fourth-order valence-corrected chi connectivity index (χ4v) is 4.86. The van der Waals surface area contributed by atoms with Crippen molar-refractivity contribution in [1.29, 1.82) is 0 Å². The Kier molecular flexibility index (Phi) is 6.77. The number of para-hydroxylation sites is 1. The van der Waals surface area contributed by atoms with Crippen LogP contribution in [0, 0.1) is 0 Å². The monoisotopic (exact) mass is 464 g/mol. The van der Waals surface area contributed by atoms with E-state index in [4.69, 9.17) is 4.74 Å². The lowest BCUT2D eigenvalue weighted by molar-refractivity contribution is -0.137. The summed E-state index contributed by atoms with van der Waals surface area (Å²) < 4.78 is 5.18. The van der Waals surface area contributed by atoms with Crippen molar-refractivity contribution in [2.75, 3.05) is 38.3 Å². The molecule has 0 saturated carbocycles. The first-order chi connectivity index (χ1) is 16.3. The zero-order valence-electron chi connectivity index (χ0n) is 20.0. The van der Waals surface area contributed by atoms with Crippen LogP contribution in [-0.2, 0) is 9.59 Å². The van der Waals surface area contributed by atoms with Crippen molar-refractivity contribution in [2.45, 2.75) is 38.3 Å². The van der Waals surface area contributed by atoms with E-state index in [-0.39, 0.29) is 30.3 Å². The summed E-state index contributed by atoms with van der Waals surface area (Å²) in [5, 5.41) is 2.87. The van der Waals surface area contributed by atoms with Gasteiger partial charge in [-0.05, 0) is 63.1 Å². The van der Waals surface area contributed by atoms with Gasteiger partial charge in [0.2, 0.25) is 5.91 Å². The number of rotatable bonds is 6. The van der Waals surface area contributed by atoms with Crippen molar-refractivity contribution < 1.29 is 19.1 Å². The van der Waals surface area contributed by atoms with Crippen molar-refractivity contribution in [1.82, 2.24) is 15.1 Å². The third-order valence-corrected chi connectivity index (χ3v) is 6.58. The van der Waals surface area contributed by atoms with Crippen LogP contribution in [0.1, 0.15) is 37.0 Å². The first kappa shape index (κ1) is 23.6. The molecule has 0 bridgehead atoms. The first-order valence-corrected chi connectivity index (χ1v) is 11.7. The maximum absolute atomic E-state index is 13.7. The topological polar surface area (TPSA) is 82.2 Å². The normalized spacial score (nSPS) is 17.4. The second-order valence-electron chi connectivity index (χ2n) is 9.18. The molecule has 2 saturated heterocycles. The first-order valence-electron chi connectivity index (χ1n) is 11.7. The highest BCUT2D eigenvalue weighted by molar-refractivity contribution is 5.97. The Bertz CT molecular complexity index is 1030. The van der Waals surface area contributed by atoms with Crippen molar-refractivity contribution >= 4 is 23.4 Å². The Morgan fingerprint density at radius 3 is 2.26 bits per heavy atom. The van der Waals surface area contributed by atoms with E-state index in [9.17, 15) is 14.4 Å². The van der Waals surface area contributed by atoms with Crippen LogP contribution in [0.5, 0.6) is 5.75 Å². The Hall–Kier alpha value is -3.55. The van der Waals surface area contributed by atoms with Gasteiger partial charge < -0.3 is 24.8 Å². The maximum atomic E-state index is 13.7. The van der Waals surface area contributed by atoms with E-state index in [1.165, 1.54) is 0 Å². The number of ether oxygens (including phenoxy) is 1. The minimum absolute atomic E-state index is 0.0107. The van der Waals surface area contributed by atoms with E-state index in [2.05, 4.69) is 10.2 Å².